The third kappa shape index (κ3) is 4.20. The van der Waals surface area contributed by atoms with Crippen LogP contribution < -0.4 is 0 Å². The summed E-state index contributed by atoms with van der Waals surface area (Å²) in [5.74, 6) is 0.320. The standard InChI is InChI=1S/C14H20ClNO3S2/c1-10(2)9-21(18,19)11-5-7-16(8-6-11)14(17)12-3-4-13(15)20-12/h3-4,10-11H,5-9H2,1-2H3. The van der Waals surface area contributed by atoms with Gasteiger partial charge in [0, 0.05) is 13.1 Å². The molecule has 2 rings (SSSR count). The van der Waals surface area contributed by atoms with Crippen LogP contribution in [0.1, 0.15) is 36.4 Å². The summed E-state index contributed by atoms with van der Waals surface area (Å²) in [6.07, 6.45) is 1.06. The largest absolute Gasteiger partial charge is 0.338 e. The summed E-state index contributed by atoms with van der Waals surface area (Å²) in [6.45, 7) is 4.82. The molecule has 1 amide bonds. The van der Waals surface area contributed by atoms with Crippen molar-refractivity contribution >= 4 is 38.7 Å². The van der Waals surface area contributed by atoms with Gasteiger partial charge < -0.3 is 4.90 Å². The lowest BCUT2D eigenvalue weighted by Crippen LogP contribution is -2.43. The predicted molar refractivity (Wildman–Crippen MR) is 86.9 cm³/mol. The summed E-state index contributed by atoms with van der Waals surface area (Å²) in [4.78, 5) is 14.6. The van der Waals surface area contributed by atoms with Crippen LogP contribution in [0.25, 0.3) is 0 Å². The highest BCUT2D eigenvalue weighted by Gasteiger charge is 2.32. The molecular formula is C14H20ClNO3S2. The molecule has 7 heteroatoms. The van der Waals surface area contributed by atoms with Gasteiger partial charge in [-0.2, -0.15) is 0 Å². The maximum Gasteiger partial charge on any atom is 0.263 e. The number of nitrogens with zero attached hydrogens (tertiary/aromatic N) is 1. The number of carbonyl (C=O) groups excluding carboxylic acids is 1. The average molecular weight is 350 g/mol. The van der Waals surface area contributed by atoms with Crippen LogP contribution in [0, 0.1) is 5.92 Å². The van der Waals surface area contributed by atoms with Crippen molar-refractivity contribution in [2.45, 2.75) is 31.9 Å². The van der Waals surface area contributed by atoms with Crippen LogP contribution in [0.15, 0.2) is 12.1 Å². The molecular weight excluding hydrogens is 330 g/mol. The Labute approximate surface area is 135 Å². The first-order valence-corrected chi connectivity index (χ1v) is 9.97. The zero-order valence-electron chi connectivity index (χ0n) is 12.2. The Bertz CT molecular complexity index is 601. The summed E-state index contributed by atoms with van der Waals surface area (Å²) in [7, 11) is -3.05. The average Bonchev–Trinajstić information content (AvgIpc) is 2.83. The van der Waals surface area contributed by atoms with Gasteiger partial charge in [0.05, 0.1) is 20.2 Å². The first kappa shape index (κ1) is 16.8. The quantitative estimate of drug-likeness (QED) is 0.839. The highest BCUT2D eigenvalue weighted by atomic mass is 35.5. The van der Waals surface area contributed by atoms with Gasteiger partial charge in [0.1, 0.15) is 0 Å². The zero-order valence-corrected chi connectivity index (χ0v) is 14.6. The van der Waals surface area contributed by atoms with Crippen molar-refractivity contribution in [3.05, 3.63) is 21.3 Å². The number of sulfone groups is 1. The maximum atomic E-state index is 12.3. The second-order valence-corrected chi connectivity index (χ2v) is 9.86. The van der Waals surface area contributed by atoms with Gasteiger partial charge in [0.25, 0.3) is 5.91 Å². The van der Waals surface area contributed by atoms with E-state index in [1.54, 1.807) is 17.0 Å². The molecule has 1 fully saturated rings. The number of hydrogen-bond acceptors (Lipinski definition) is 4. The van der Waals surface area contributed by atoms with Gasteiger partial charge in [0.2, 0.25) is 0 Å². The Morgan fingerprint density at radius 1 is 1.38 bits per heavy atom. The van der Waals surface area contributed by atoms with Crippen molar-refractivity contribution < 1.29 is 13.2 Å². The molecule has 1 aromatic heterocycles. The lowest BCUT2D eigenvalue weighted by atomic mass is 10.1. The molecule has 21 heavy (non-hydrogen) atoms. The molecule has 0 unspecified atom stereocenters. The third-order valence-electron chi connectivity index (χ3n) is 3.59. The van der Waals surface area contributed by atoms with E-state index < -0.39 is 9.84 Å². The van der Waals surface area contributed by atoms with Gasteiger partial charge in [-0.3, -0.25) is 4.79 Å². The molecule has 0 bridgehead atoms. The molecule has 1 aromatic rings. The normalized spacial score (nSPS) is 17.4. The Kier molecular flexibility index (Phi) is 5.33. The van der Waals surface area contributed by atoms with Crippen LogP contribution in [0.2, 0.25) is 4.34 Å². The van der Waals surface area contributed by atoms with E-state index in [0.717, 1.165) is 0 Å². The monoisotopic (exact) mass is 349 g/mol. The molecule has 0 saturated carbocycles. The molecule has 2 heterocycles. The molecule has 1 saturated heterocycles. The second kappa shape index (κ2) is 6.67. The van der Waals surface area contributed by atoms with Crippen molar-refractivity contribution in [1.82, 2.24) is 4.90 Å². The Balaban J connectivity index is 1.96. The number of likely N-dealkylation sites (tertiary alicyclic amines) is 1. The van der Waals surface area contributed by atoms with Crippen LogP contribution in [0.3, 0.4) is 0 Å². The van der Waals surface area contributed by atoms with Crippen molar-refractivity contribution in [1.29, 1.82) is 0 Å². The van der Waals surface area contributed by atoms with Gasteiger partial charge in [-0.1, -0.05) is 25.4 Å². The Hall–Kier alpha value is -0.590. The Morgan fingerprint density at radius 3 is 2.48 bits per heavy atom. The van der Waals surface area contributed by atoms with E-state index in [1.165, 1.54) is 11.3 Å². The first-order chi connectivity index (χ1) is 9.79. The highest BCUT2D eigenvalue weighted by Crippen LogP contribution is 2.26. The zero-order chi connectivity index (χ0) is 15.6. The highest BCUT2D eigenvalue weighted by molar-refractivity contribution is 7.92. The van der Waals surface area contributed by atoms with Crippen LogP contribution in [-0.4, -0.2) is 43.3 Å². The minimum Gasteiger partial charge on any atom is -0.338 e. The summed E-state index contributed by atoms with van der Waals surface area (Å²) in [5, 5.41) is -0.309. The first-order valence-electron chi connectivity index (χ1n) is 7.06. The topological polar surface area (TPSA) is 54.5 Å². The molecule has 0 aromatic carbocycles. The van der Waals surface area contributed by atoms with Crippen molar-refractivity contribution in [2.24, 2.45) is 5.92 Å². The molecule has 0 spiro atoms. The number of rotatable bonds is 4. The van der Waals surface area contributed by atoms with Gasteiger partial charge in [0.15, 0.2) is 9.84 Å². The molecule has 0 atom stereocenters. The van der Waals surface area contributed by atoms with Gasteiger partial charge in [-0.25, -0.2) is 8.42 Å². The lowest BCUT2D eigenvalue weighted by molar-refractivity contribution is 0.0730. The number of carbonyl (C=O) groups is 1. The summed E-state index contributed by atoms with van der Waals surface area (Å²) in [6, 6.07) is 3.43. The van der Waals surface area contributed by atoms with E-state index in [1.807, 2.05) is 13.8 Å². The minimum absolute atomic E-state index is 0.0494. The molecule has 0 N–H and O–H groups in total. The number of thiophene rings is 1. The van der Waals surface area contributed by atoms with Crippen molar-refractivity contribution in [2.75, 3.05) is 18.8 Å². The van der Waals surface area contributed by atoms with E-state index in [-0.39, 0.29) is 22.8 Å². The van der Waals surface area contributed by atoms with E-state index in [0.29, 0.717) is 35.1 Å². The van der Waals surface area contributed by atoms with E-state index >= 15 is 0 Å². The molecule has 1 aliphatic rings. The maximum absolute atomic E-state index is 12.3. The molecule has 0 radical (unpaired) electrons. The number of halogens is 1. The van der Waals surface area contributed by atoms with Crippen molar-refractivity contribution in [3.8, 4) is 0 Å². The number of piperidine rings is 1. The van der Waals surface area contributed by atoms with Gasteiger partial charge in [-0.05, 0) is 30.9 Å². The van der Waals surface area contributed by atoms with Crippen LogP contribution >= 0.6 is 22.9 Å². The predicted octanol–water partition coefficient (Wildman–Crippen LogP) is 3.08. The second-order valence-electron chi connectivity index (χ2n) is 5.82. The van der Waals surface area contributed by atoms with Crippen LogP contribution in [0.5, 0.6) is 0 Å². The van der Waals surface area contributed by atoms with Gasteiger partial charge in [-0.15, -0.1) is 11.3 Å². The summed E-state index contributed by atoms with van der Waals surface area (Å²) in [5.41, 5.74) is 0. The van der Waals surface area contributed by atoms with E-state index in [2.05, 4.69) is 0 Å². The fraction of sp³-hybridized carbons (Fsp3) is 0.643. The molecule has 4 nitrogen and oxygen atoms in total. The molecule has 118 valence electrons. The molecule has 1 aliphatic heterocycles. The lowest BCUT2D eigenvalue weighted by Gasteiger charge is -2.31. The van der Waals surface area contributed by atoms with Crippen LogP contribution in [0.4, 0.5) is 0 Å². The Morgan fingerprint density at radius 2 is 2.00 bits per heavy atom. The fourth-order valence-corrected chi connectivity index (χ4v) is 5.75. The number of amides is 1. The van der Waals surface area contributed by atoms with E-state index in [4.69, 9.17) is 11.6 Å². The fourth-order valence-electron chi connectivity index (χ4n) is 2.60. The van der Waals surface area contributed by atoms with Crippen molar-refractivity contribution in [3.63, 3.8) is 0 Å². The summed E-state index contributed by atoms with van der Waals surface area (Å²) < 4.78 is 25.0. The SMILES string of the molecule is CC(C)CS(=O)(=O)C1CCN(C(=O)c2ccc(Cl)s2)CC1. The summed E-state index contributed by atoms with van der Waals surface area (Å²) >= 11 is 7.10. The molecule has 0 aliphatic carbocycles. The van der Waals surface area contributed by atoms with Crippen LogP contribution in [-0.2, 0) is 9.84 Å². The number of hydrogen-bond donors (Lipinski definition) is 0. The van der Waals surface area contributed by atoms with Gasteiger partial charge >= 0.3 is 0 Å². The minimum atomic E-state index is -3.05. The third-order valence-corrected chi connectivity index (χ3v) is 7.42. The van der Waals surface area contributed by atoms with E-state index in [9.17, 15) is 13.2 Å². The smallest absolute Gasteiger partial charge is 0.263 e.